The van der Waals surface area contributed by atoms with Crippen molar-refractivity contribution in [2.45, 2.75) is 44.4 Å². The Morgan fingerprint density at radius 2 is 1.89 bits per heavy atom. The summed E-state index contributed by atoms with van der Waals surface area (Å²) in [6.07, 6.45) is -7.01. The van der Waals surface area contributed by atoms with Crippen molar-refractivity contribution in [2.75, 3.05) is 13.7 Å². The molecule has 152 valence electrons. The molecule has 0 aliphatic heterocycles. The summed E-state index contributed by atoms with van der Waals surface area (Å²) in [4.78, 5) is 34.8. The van der Waals surface area contributed by atoms with Gasteiger partial charge >= 0.3 is 24.2 Å². The number of aliphatic carboxylic acids is 1. The predicted molar refractivity (Wildman–Crippen MR) is 81.6 cm³/mol. The Kier molecular flexibility index (Phi) is 6.41. The van der Waals surface area contributed by atoms with Gasteiger partial charge in [0, 0.05) is 12.6 Å². The molecule has 0 fully saturated rings. The number of carboxylic acid groups (broad SMARTS) is 1. The standard InChI is InChI=1S/C14H19F3N4O6/c1-5-27-11(25)18-13(10(24)26-4,14(15,16)17)6-8-7-21(20-19-8)12(2,3)9(22)23/h7H,5-6H2,1-4H3,(H,18,25)(H,22,23). The number of nitrogens with zero attached hydrogens (tertiary/aromatic N) is 3. The van der Waals surface area contributed by atoms with E-state index in [1.54, 1.807) is 0 Å². The van der Waals surface area contributed by atoms with E-state index in [0.717, 1.165) is 18.0 Å². The first-order valence-electron chi connectivity index (χ1n) is 7.57. The lowest BCUT2D eigenvalue weighted by Gasteiger charge is -2.32. The summed E-state index contributed by atoms with van der Waals surface area (Å²) in [6, 6.07) is 0. The van der Waals surface area contributed by atoms with E-state index >= 15 is 0 Å². The van der Waals surface area contributed by atoms with Crippen molar-refractivity contribution in [3.05, 3.63) is 11.9 Å². The molecular formula is C14H19F3N4O6. The van der Waals surface area contributed by atoms with Crippen LogP contribution < -0.4 is 5.32 Å². The second-order valence-corrected chi connectivity index (χ2v) is 5.94. The van der Waals surface area contributed by atoms with E-state index < -0.39 is 47.4 Å². The number of ether oxygens (including phenoxy) is 2. The molecule has 0 aliphatic rings. The summed E-state index contributed by atoms with van der Waals surface area (Å²) >= 11 is 0. The smallest absolute Gasteiger partial charge is 0.422 e. The van der Waals surface area contributed by atoms with E-state index in [1.165, 1.54) is 26.1 Å². The lowest BCUT2D eigenvalue weighted by molar-refractivity contribution is -0.210. The average molecular weight is 396 g/mol. The zero-order chi connectivity index (χ0) is 21.0. The zero-order valence-corrected chi connectivity index (χ0v) is 15.0. The molecule has 10 nitrogen and oxygen atoms in total. The van der Waals surface area contributed by atoms with Crippen molar-refractivity contribution in [1.82, 2.24) is 20.3 Å². The highest BCUT2D eigenvalue weighted by Crippen LogP contribution is 2.34. The number of alkyl halides is 3. The van der Waals surface area contributed by atoms with Gasteiger partial charge in [0.15, 0.2) is 5.54 Å². The third-order valence-electron chi connectivity index (χ3n) is 3.69. The number of hydrogen-bond acceptors (Lipinski definition) is 7. The Labute approximate surface area is 151 Å². The molecular weight excluding hydrogens is 377 g/mol. The number of rotatable bonds is 7. The van der Waals surface area contributed by atoms with Crippen LogP contribution in [0.25, 0.3) is 0 Å². The molecule has 1 atom stereocenters. The van der Waals surface area contributed by atoms with Gasteiger partial charge in [-0.2, -0.15) is 13.2 Å². The molecule has 0 saturated carbocycles. The lowest BCUT2D eigenvalue weighted by Crippen LogP contribution is -2.65. The Balaban J connectivity index is 3.37. The van der Waals surface area contributed by atoms with Crippen LogP contribution >= 0.6 is 0 Å². The number of carbonyl (C=O) groups excluding carboxylic acids is 2. The molecule has 1 rings (SSSR count). The Morgan fingerprint density at radius 3 is 2.33 bits per heavy atom. The second kappa shape index (κ2) is 7.80. The van der Waals surface area contributed by atoms with Crippen LogP contribution in [-0.2, 0) is 31.0 Å². The normalized spacial score (nSPS) is 14.2. The van der Waals surface area contributed by atoms with Gasteiger partial charge in [-0.15, -0.1) is 5.10 Å². The molecule has 0 bridgehead atoms. The van der Waals surface area contributed by atoms with E-state index in [9.17, 15) is 27.6 Å². The van der Waals surface area contributed by atoms with Crippen LogP contribution in [0.1, 0.15) is 26.5 Å². The third-order valence-corrected chi connectivity index (χ3v) is 3.69. The van der Waals surface area contributed by atoms with Gasteiger partial charge in [0.1, 0.15) is 0 Å². The van der Waals surface area contributed by atoms with E-state index in [4.69, 9.17) is 5.11 Å². The van der Waals surface area contributed by atoms with E-state index in [1.807, 2.05) is 0 Å². The molecule has 1 aromatic rings. The van der Waals surface area contributed by atoms with Crippen LogP contribution in [-0.4, -0.2) is 63.6 Å². The lowest BCUT2D eigenvalue weighted by atomic mass is 9.92. The fraction of sp³-hybridized carbons (Fsp3) is 0.643. The quantitative estimate of drug-likeness (QED) is 0.649. The van der Waals surface area contributed by atoms with Crippen molar-refractivity contribution in [3.8, 4) is 0 Å². The largest absolute Gasteiger partial charge is 0.479 e. The minimum atomic E-state index is -5.28. The first-order chi connectivity index (χ1) is 12.3. The molecule has 0 saturated heterocycles. The first-order valence-corrected chi connectivity index (χ1v) is 7.57. The molecule has 1 unspecified atom stereocenters. The maximum atomic E-state index is 13.7. The van der Waals surface area contributed by atoms with Crippen molar-refractivity contribution in [1.29, 1.82) is 0 Å². The number of amides is 1. The molecule has 27 heavy (non-hydrogen) atoms. The van der Waals surface area contributed by atoms with Gasteiger partial charge in [-0.1, -0.05) is 5.21 Å². The molecule has 0 aliphatic carbocycles. The van der Waals surface area contributed by atoms with Gasteiger partial charge in [-0.3, -0.25) is 5.32 Å². The molecule has 13 heteroatoms. The van der Waals surface area contributed by atoms with E-state index in [2.05, 4.69) is 19.8 Å². The van der Waals surface area contributed by atoms with Gasteiger partial charge in [0.2, 0.25) is 5.54 Å². The van der Waals surface area contributed by atoms with Gasteiger partial charge in [-0.25, -0.2) is 19.1 Å². The number of carboxylic acids is 1. The maximum absolute atomic E-state index is 13.7. The van der Waals surface area contributed by atoms with E-state index in [-0.39, 0.29) is 6.61 Å². The van der Waals surface area contributed by atoms with Crippen molar-refractivity contribution in [2.24, 2.45) is 0 Å². The van der Waals surface area contributed by atoms with Crippen LogP contribution in [0.15, 0.2) is 6.20 Å². The van der Waals surface area contributed by atoms with Gasteiger partial charge in [-0.05, 0) is 20.8 Å². The van der Waals surface area contributed by atoms with Gasteiger partial charge in [0.25, 0.3) is 0 Å². The molecule has 1 amide bonds. The van der Waals surface area contributed by atoms with Gasteiger partial charge < -0.3 is 14.6 Å². The summed E-state index contributed by atoms with van der Waals surface area (Å²) in [5.74, 6) is -3.10. The van der Waals surface area contributed by atoms with Crippen molar-refractivity contribution >= 4 is 18.0 Å². The Morgan fingerprint density at radius 1 is 1.30 bits per heavy atom. The minimum absolute atomic E-state index is 0.232. The summed E-state index contributed by atoms with van der Waals surface area (Å²) in [5, 5.41) is 17.6. The van der Waals surface area contributed by atoms with Crippen LogP contribution in [0.5, 0.6) is 0 Å². The number of carbonyl (C=O) groups is 3. The van der Waals surface area contributed by atoms with Crippen LogP contribution in [0.3, 0.4) is 0 Å². The number of aromatic nitrogens is 3. The van der Waals surface area contributed by atoms with Crippen LogP contribution in [0, 0.1) is 0 Å². The predicted octanol–water partition coefficient (Wildman–Crippen LogP) is 0.860. The highest BCUT2D eigenvalue weighted by atomic mass is 19.4. The summed E-state index contributed by atoms with van der Waals surface area (Å²) in [7, 11) is 0.722. The number of alkyl carbamates (subject to hydrolysis) is 1. The van der Waals surface area contributed by atoms with Crippen molar-refractivity contribution < 1.29 is 42.1 Å². The fourth-order valence-corrected chi connectivity index (χ4v) is 1.99. The van der Waals surface area contributed by atoms with E-state index in [0.29, 0.717) is 0 Å². The summed E-state index contributed by atoms with van der Waals surface area (Å²) < 4.78 is 50.7. The highest BCUT2D eigenvalue weighted by Gasteiger charge is 2.63. The average Bonchev–Trinajstić information content (AvgIpc) is 3.01. The van der Waals surface area contributed by atoms with Crippen molar-refractivity contribution in [3.63, 3.8) is 0 Å². The molecule has 1 heterocycles. The topological polar surface area (TPSA) is 133 Å². The highest BCUT2D eigenvalue weighted by molar-refractivity contribution is 5.87. The number of hydrogen-bond donors (Lipinski definition) is 2. The minimum Gasteiger partial charge on any atom is -0.479 e. The number of nitrogens with one attached hydrogen (secondary N) is 1. The van der Waals surface area contributed by atoms with Crippen LogP contribution in [0.4, 0.5) is 18.0 Å². The molecule has 0 spiro atoms. The third kappa shape index (κ3) is 4.46. The monoisotopic (exact) mass is 396 g/mol. The SMILES string of the molecule is CCOC(=O)NC(Cc1cn(C(C)(C)C(=O)O)nn1)(C(=O)OC)C(F)(F)F. The number of halogens is 3. The molecule has 2 N–H and O–H groups in total. The fourth-order valence-electron chi connectivity index (χ4n) is 1.99. The van der Waals surface area contributed by atoms with Crippen LogP contribution in [0.2, 0.25) is 0 Å². The Bertz CT molecular complexity index is 718. The zero-order valence-electron chi connectivity index (χ0n) is 15.0. The molecule has 0 aromatic carbocycles. The summed E-state index contributed by atoms with van der Waals surface area (Å²) in [6.45, 7) is 3.64. The number of methoxy groups -OCH3 is 1. The Hall–Kier alpha value is -2.86. The second-order valence-electron chi connectivity index (χ2n) is 5.94. The molecule has 1 aromatic heterocycles. The molecule has 0 radical (unpaired) electrons. The maximum Gasteiger partial charge on any atom is 0.422 e. The summed E-state index contributed by atoms with van der Waals surface area (Å²) in [5.41, 5.74) is -5.50. The number of esters is 1. The first kappa shape index (κ1) is 22.2. The van der Waals surface area contributed by atoms with Gasteiger partial charge in [0.05, 0.1) is 19.4 Å².